The molecular weight excluding hydrogens is 250 g/mol. The van der Waals surface area contributed by atoms with Crippen LogP contribution < -0.4 is 9.64 Å². The molecule has 3 nitrogen and oxygen atoms in total. The molecule has 0 N–H and O–H groups in total. The average molecular weight is 264 g/mol. The van der Waals surface area contributed by atoms with Crippen LogP contribution in [0.3, 0.4) is 0 Å². The Morgan fingerprint density at radius 1 is 1.56 bits per heavy atom. The summed E-state index contributed by atoms with van der Waals surface area (Å²) in [6, 6.07) is 3.58. The van der Waals surface area contributed by atoms with E-state index < -0.39 is 0 Å². The van der Waals surface area contributed by atoms with E-state index in [2.05, 4.69) is 5.92 Å². The van der Waals surface area contributed by atoms with Crippen LogP contribution in [0, 0.1) is 25.2 Å². The Labute approximate surface area is 112 Å². The minimum Gasteiger partial charge on any atom is -0.495 e. The zero-order valence-corrected chi connectivity index (χ0v) is 11.1. The Morgan fingerprint density at radius 2 is 2.28 bits per heavy atom. The normalized spacial score (nSPS) is 18.9. The highest BCUT2D eigenvalue weighted by molar-refractivity contribution is 6.32. The second-order valence-corrected chi connectivity index (χ2v) is 4.75. The molecule has 94 valence electrons. The number of carbonyl (C=O) groups is 1. The van der Waals surface area contributed by atoms with E-state index in [0.29, 0.717) is 23.7 Å². The first-order chi connectivity index (χ1) is 8.56. The summed E-state index contributed by atoms with van der Waals surface area (Å²) in [4.78, 5) is 13.6. The van der Waals surface area contributed by atoms with Gasteiger partial charge in [0.25, 0.3) is 0 Å². The number of hydrogen-bond donors (Lipinski definition) is 0. The van der Waals surface area contributed by atoms with Gasteiger partial charge in [-0.15, -0.1) is 12.3 Å². The van der Waals surface area contributed by atoms with Crippen molar-refractivity contribution in [3.8, 4) is 18.1 Å². The van der Waals surface area contributed by atoms with E-state index in [4.69, 9.17) is 22.8 Å². The number of ether oxygens (including phenoxy) is 1. The minimum atomic E-state index is -0.0159. The SMILES string of the molecule is C#CC1CC(=O)N(c2cc(Cl)c(OC)cc2C)C1. The van der Waals surface area contributed by atoms with E-state index in [1.54, 1.807) is 18.1 Å². The van der Waals surface area contributed by atoms with Gasteiger partial charge in [-0.25, -0.2) is 0 Å². The molecule has 1 aliphatic rings. The summed E-state index contributed by atoms with van der Waals surface area (Å²) < 4.78 is 5.14. The largest absolute Gasteiger partial charge is 0.495 e. The van der Waals surface area contributed by atoms with Crippen LogP contribution in [0.2, 0.25) is 5.02 Å². The van der Waals surface area contributed by atoms with Crippen molar-refractivity contribution in [1.29, 1.82) is 0 Å². The molecule has 18 heavy (non-hydrogen) atoms. The van der Waals surface area contributed by atoms with E-state index in [-0.39, 0.29) is 11.8 Å². The molecule has 0 radical (unpaired) electrons. The summed E-state index contributed by atoms with van der Waals surface area (Å²) in [6.45, 7) is 2.48. The van der Waals surface area contributed by atoms with Crippen molar-refractivity contribution >= 4 is 23.2 Å². The monoisotopic (exact) mass is 263 g/mol. The number of benzene rings is 1. The molecule has 0 aromatic heterocycles. The topological polar surface area (TPSA) is 29.5 Å². The van der Waals surface area contributed by atoms with Crippen molar-refractivity contribution in [1.82, 2.24) is 0 Å². The molecule has 1 saturated heterocycles. The van der Waals surface area contributed by atoms with Gasteiger partial charge in [0, 0.05) is 24.6 Å². The molecule has 1 aromatic rings. The number of terminal acetylenes is 1. The predicted octanol–water partition coefficient (Wildman–Crippen LogP) is 2.64. The third-order valence-corrected chi connectivity index (χ3v) is 3.42. The van der Waals surface area contributed by atoms with Gasteiger partial charge in [0.1, 0.15) is 5.75 Å². The second kappa shape index (κ2) is 4.91. The maximum Gasteiger partial charge on any atom is 0.228 e. The number of halogens is 1. The highest BCUT2D eigenvalue weighted by atomic mass is 35.5. The van der Waals surface area contributed by atoms with Crippen LogP contribution in [-0.2, 0) is 4.79 Å². The molecule has 4 heteroatoms. The van der Waals surface area contributed by atoms with Crippen LogP contribution in [0.15, 0.2) is 12.1 Å². The van der Waals surface area contributed by atoms with Gasteiger partial charge in [-0.2, -0.15) is 0 Å². The van der Waals surface area contributed by atoms with Crippen LogP contribution in [-0.4, -0.2) is 19.6 Å². The Morgan fingerprint density at radius 3 is 2.83 bits per heavy atom. The van der Waals surface area contributed by atoms with E-state index >= 15 is 0 Å². The maximum absolute atomic E-state index is 11.9. The van der Waals surface area contributed by atoms with Gasteiger partial charge >= 0.3 is 0 Å². The Balaban J connectivity index is 2.38. The third-order valence-electron chi connectivity index (χ3n) is 3.12. The summed E-state index contributed by atoms with van der Waals surface area (Å²) in [5, 5.41) is 0.495. The van der Waals surface area contributed by atoms with E-state index in [9.17, 15) is 4.79 Å². The van der Waals surface area contributed by atoms with E-state index in [0.717, 1.165) is 11.3 Å². The van der Waals surface area contributed by atoms with Crippen LogP contribution in [0.4, 0.5) is 5.69 Å². The molecule has 1 aromatic carbocycles. The molecule has 1 aliphatic heterocycles. The van der Waals surface area contributed by atoms with E-state index in [1.807, 2.05) is 13.0 Å². The first-order valence-corrected chi connectivity index (χ1v) is 6.05. The summed E-state index contributed by atoms with van der Waals surface area (Å²) in [6.07, 6.45) is 5.78. The number of anilines is 1. The molecule has 0 spiro atoms. The fraction of sp³-hybridized carbons (Fsp3) is 0.357. The van der Waals surface area contributed by atoms with Crippen molar-refractivity contribution in [2.45, 2.75) is 13.3 Å². The number of aryl methyl sites for hydroxylation is 1. The van der Waals surface area contributed by atoms with E-state index in [1.165, 1.54) is 0 Å². The number of nitrogens with zero attached hydrogens (tertiary/aromatic N) is 1. The fourth-order valence-corrected chi connectivity index (χ4v) is 2.38. The number of hydrogen-bond acceptors (Lipinski definition) is 2. The first kappa shape index (κ1) is 12.8. The van der Waals surface area contributed by atoms with Gasteiger partial charge in [-0.3, -0.25) is 4.79 Å². The number of amides is 1. The summed E-state index contributed by atoms with van der Waals surface area (Å²) in [5.41, 5.74) is 1.76. The van der Waals surface area contributed by atoms with Gasteiger partial charge in [0.05, 0.1) is 12.1 Å². The molecule has 0 saturated carbocycles. The maximum atomic E-state index is 11.9. The molecular formula is C14H14ClNO2. The lowest BCUT2D eigenvalue weighted by Gasteiger charge is -2.19. The molecule has 1 amide bonds. The molecule has 2 rings (SSSR count). The summed E-state index contributed by atoms with van der Waals surface area (Å²) in [7, 11) is 1.57. The fourth-order valence-electron chi connectivity index (χ4n) is 2.14. The van der Waals surface area contributed by atoms with Gasteiger partial charge in [0.15, 0.2) is 0 Å². The number of rotatable bonds is 2. The predicted molar refractivity (Wildman–Crippen MR) is 72.0 cm³/mol. The average Bonchev–Trinajstić information content (AvgIpc) is 2.73. The second-order valence-electron chi connectivity index (χ2n) is 4.35. The van der Waals surface area contributed by atoms with Crippen molar-refractivity contribution < 1.29 is 9.53 Å². The molecule has 1 fully saturated rings. The first-order valence-electron chi connectivity index (χ1n) is 5.67. The lowest BCUT2D eigenvalue weighted by Crippen LogP contribution is -2.25. The van der Waals surface area contributed by atoms with Crippen LogP contribution in [0.1, 0.15) is 12.0 Å². The quantitative estimate of drug-likeness (QED) is 0.768. The molecule has 1 atom stereocenters. The minimum absolute atomic E-state index is 0.0159. The third kappa shape index (κ3) is 2.16. The van der Waals surface area contributed by atoms with Gasteiger partial charge in [0.2, 0.25) is 5.91 Å². The van der Waals surface area contributed by atoms with Crippen molar-refractivity contribution in [2.75, 3.05) is 18.6 Å². The zero-order chi connectivity index (χ0) is 13.3. The number of carbonyl (C=O) groups excluding carboxylic acids is 1. The molecule has 1 unspecified atom stereocenters. The van der Waals surface area contributed by atoms with Gasteiger partial charge in [-0.1, -0.05) is 11.6 Å². The zero-order valence-electron chi connectivity index (χ0n) is 10.4. The summed E-state index contributed by atoms with van der Waals surface area (Å²) in [5.74, 6) is 3.27. The Bertz CT molecular complexity index is 533. The highest BCUT2D eigenvalue weighted by Gasteiger charge is 2.30. The van der Waals surface area contributed by atoms with Crippen LogP contribution in [0.25, 0.3) is 0 Å². The Kier molecular flexibility index (Phi) is 3.49. The van der Waals surface area contributed by atoms with Crippen LogP contribution >= 0.6 is 11.6 Å². The van der Waals surface area contributed by atoms with Gasteiger partial charge in [-0.05, 0) is 24.6 Å². The smallest absolute Gasteiger partial charge is 0.228 e. The lowest BCUT2D eigenvalue weighted by molar-refractivity contribution is -0.117. The molecule has 1 heterocycles. The molecule has 0 aliphatic carbocycles. The van der Waals surface area contributed by atoms with Crippen LogP contribution in [0.5, 0.6) is 5.75 Å². The highest BCUT2D eigenvalue weighted by Crippen LogP contribution is 2.35. The Hall–Kier alpha value is -1.66. The lowest BCUT2D eigenvalue weighted by atomic mass is 10.1. The van der Waals surface area contributed by atoms with Crippen molar-refractivity contribution in [3.05, 3.63) is 22.7 Å². The standard InChI is InChI=1S/C14H14ClNO2/c1-4-10-6-14(17)16(8-10)12-7-11(15)13(18-3)5-9(12)2/h1,5,7,10H,6,8H2,2-3H3. The van der Waals surface area contributed by atoms with Crippen molar-refractivity contribution in [3.63, 3.8) is 0 Å². The molecule has 0 bridgehead atoms. The van der Waals surface area contributed by atoms with Gasteiger partial charge < -0.3 is 9.64 Å². The number of methoxy groups -OCH3 is 1. The summed E-state index contributed by atoms with van der Waals surface area (Å²) >= 11 is 6.09. The van der Waals surface area contributed by atoms with Crippen molar-refractivity contribution in [2.24, 2.45) is 5.92 Å².